The van der Waals surface area contributed by atoms with Crippen LogP contribution in [0.1, 0.15) is 11.3 Å². The molecule has 0 fully saturated rings. The van der Waals surface area contributed by atoms with Gasteiger partial charge in [0.25, 0.3) is 0 Å². The summed E-state index contributed by atoms with van der Waals surface area (Å²) in [6.07, 6.45) is 6.09. The number of carboxylic acid groups (broad SMARTS) is 1. The number of rotatable bonds is 5. The van der Waals surface area contributed by atoms with Crippen molar-refractivity contribution in [2.75, 3.05) is 0 Å². The number of hydrogen-bond acceptors (Lipinski definition) is 2. The lowest BCUT2D eigenvalue weighted by molar-refractivity contribution is -0.131. The van der Waals surface area contributed by atoms with Crippen LogP contribution in [0.3, 0.4) is 0 Å². The van der Waals surface area contributed by atoms with Crippen LogP contribution in [0.2, 0.25) is 0 Å². The van der Waals surface area contributed by atoms with Crippen molar-refractivity contribution in [1.29, 1.82) is 0 Å². The van der Waals surface area contributed by atoms with Gasteiger partial charge in [-0.3, -0.25) is 0 Å². The molecule has 0 saturated heterocycles. The fourth-order valence-corrected chi connectivity index (χ4v) is 2.35. The number of aliphatic carboxylic acids is 1. The van der Waals surface area contributed by atoms with Crippen molar-refractivity contribution < 1.29 is 9.90 Å². The van der Waals surface area contributed by atoms with E-state index in [2.05, 4.69) is 41.4 Å². The highest BCUT2D eigenvalue weighted by Gasteiger charge is 2.00. The molecular formula is C19H16N2O2. The summed E-state index contributed by atoms with van der Waals surface area (Å²) in [6, 6.07) is 18.6. The third-order valence-electron chi connectivity index (χ3n) is 3.48. The Kier molecular flexibility index (Phi) is 4.34. The molecule has 3 rings (SSSR count). The fraction of sp³-hybridized carbons (Fsp3) is 0.0526. The van der Waals surface area contributed by atoms with Gasteiger partial charge < -0.3 is 9.67 Å². The molecule has 1 heterocycles. The van der Waals surface area contributed by atoms with Gasteiger partial charge in [-0.25, -0.2) is 9.78 Å². The minimum atomic E-state index is -0.976. The molecule has 4 nitrogen and oxygen atoms in total. The molecular weight excluding hydrogens is 288 g/mol. The molecule has 23 heavy (non-hydrogen) atoms. The maximum atomic E-state index is 10.5. The minimum absolute atomic E-state index is 0.633. The Bertz CT molecular complexity index is 818. The average Bonchev–Trinajstić information content (AvgIpc) is 3.02. The van der Waals surface area contributed by atoms with E-state index in [-0.39, 0.29) is 0 Å². The molecule has 0 unspecified atom stereocenters. The maximum absolute atomic E-state index is 10.5. The summed E-state index contributed by atoms with van der Waals surface area (Å²) in [5.41, 5.74) is 4.18. The topological polar surface area (TPSA) is 55.1 Å². The molecule has 4 heteroatoms. The lowest BCUT2D eigenvalue weighted by Crippen LogP contribution is -1.96. The van der Waals surface area contributed by atoms with E-state index in [1.807, 2.05) is 29.0 Å². The van der Waals surface area contributed by atoms with E-state index in [1.54, 1.807) is 6.33 Å². The van der Waals surface area contributed by atoms with Gasteiger partial charge in [0.05, 0.1) is 12.0 Å². The lowest BCUT2D eigenvalue weighted by atomic mass is 10.0. The van der Waals surface area contributed by atoms with Crippen LogP contribution in [0.5, 0.6) is 0 Å². The van der Waals surface area contributed by atoms with E-state index in [1.165, 1.54) is 17.2 Å². The van der Waals surface area contributed by atoms with Crippen LogP contribution in [-0.2, 0) is 11.3 Å². The van der Waals surface area contributed by atoms with Gasteiger partial charge in [0.1, 0.15) is 0 Å². The van der Waals surface area contributed by atoms with Crippen LogP contribution in [0, 0.1) is 0 Å². The first-order valence-corrected chi connectivity index (χ1v) is 7.28. The zero-order chi connectivity index (χ0) is 16.1. The van der Waals surface area contributed by atoms with Gasteiger partial charge in [0.2, 0.25) is 0 Å². The molecule has 0 aliphatic heterocycles. The van der Waals surface area contributed by atoms with Crippen LogP contribution < -0.4 is 0 Å². The summed E-state index contributed by atoms with van der Waals surface area (Å²) < 4.78 is 1.93. The van der Waals surface area contributed by atoms with Crippen molar-refractivity contribution in [2.24, 2.45) is 0 Å². The number of aromatic nitrogens is 2. The van der Waals surface area contributed by atoms with Crippen LogP contribution >= 0.6 is 0 Å². The van der Waals surface area contributed by atoms with Gasteiger partial charge >= 0.3 is 5.97 Å². The van der Waals surface area contributed by atoms with Gasteiger partial charge in [-0.1, -0.05) is 54.6 Å². The van der Waals surface area contributed by atoms with E-state index in [9.17, 15) is 4.79 Å². The summed E-state index contributed by atoms with van der Waals surface area (Å²) in [7, 11) is 0. The standard InChI is InChI=1S/C19H16N2O2/c22-19(23)11-10-18-13-21(14-20-18)12-15-6-8-17(9-7-15)16-4-2-1-3-5-16/h1-11,13-14H,12H2,(H,22,23)/b11-10+. The number of hydrogen-bond donors (Lipinski definition) is 1. The molecule has 3 aromatic rings. The van der Waals surface area contributed by atoms with Crippen molar-refractivity contribution in [3.8, 4) is 11.1 Å². The SMILES string of the molecule is O=C(O)/C=C/c1cn(Cc2ccc(-c3ccccc3)cc2)cn1. The first kappa shape index (κ1) is 14.8. The van der Waals surface area contributed by atoms with Crippen molar-refractivity contribution in [2.45, 2.75) is 6.54 Å². The Morgan fingerprint density at radius 2 is 1.74 bits per heavy atom. The van der Waals surface area contributed by atoms with E-state index >= 15 is 0 Å². The van der Waals surface area contributed by atoms with E-state index in [0.717, 1.165) is 11.6 Å². The van der Waals surface area contributed by atoms with Crippen LogP contribution in [0.4, 0.5) is 0 Å². The van der Waals surface area contributed by atoms with E-state index in [4.69, 9.17) is 5.11 Å². The summed E-state index contributed by atoms with van der Waals surface area (Å²) >= 11 is 0. The molecule has 0 amide bonds. The van der Waals surface area contributed by atoms with Gasteiger partial charge in [-0.05, 0) is 22.8 Å². The molecule has 0 aliphatic carbocycles. The molecule has 1 N–H and O–H groups in total. The minimum Gasteiger partial charge on any atom is -0.478 e. The lowest BCUT2D eigenvalue weighted by Gasteiger charge is -2.05. The Morgan fingerprint density at radius 1 is 1.04 bits per heavy atom. The zero-order valence-corrected chi connectivity index (χ0v) is 12.5. The highest BCUT2D eigenvalue weighted by molar-refractivity contribution is 5.84. The number of carboxylic acids is 1. The van der Waals surface area contributed by atoms with Crippen molar-refractivity contribution in [3.63, 3.8) is 0 Å². The Hall–Kier alpha value is -3.14. The Balaban J connectivity index is 1.70. The maximum Gasteiger partial charge on any atom is 0.328 e. The predicted octanol–water partition coefficient (Wildman–Crippen LogP) is 3.70. The van der Waals surface area contributed by atoms with Gasteiger partial charge in [-0.2, -0.15) is 0 Å². The quantitative estimate of drug-likeness (QED) is 0.731. The number of imidazole rings is 1. The monoisotopic (exact) mass is 304 g/mol. The Morgan fingerprint density at radius 3 is 2.43 bits per heavy atom. The second kappa shape index (κ2) is 6.75. The molecule has 0 spiro atoms. The summed E-state index contributed by atoms with van der Waals surface area (Å²) in [5, 5.41) is 8.62. The van der Waals surface area contributed by atoms with Crippen molar-refractivity contribution in [3.05, 3.63) is 84.5 Å². The predicted molar refractivity (Wildman–Crippen MR) is 89.9 cm³/mol. The molecule has 1 aromatic heterocycles. The van der Waals surface area contributed by atoms with Crippen LogP contribution in [-0.4, -0.2) is 20.6 Å². The molecule has 0 atom stereocenters. The molecule has 2 aromatic carbocycles. The molecule has 114 valence electrons. The Labute approximate surface area is 134 Å². The van der Waals surface area contributed by atoms with Crippen LogP contribution in [0.15, 0.2) is 73.2 Å². The largest absolute Gasteiger partial charge is 0.478 e. The summed E-state index contributed by atoms with van der Waals surface area (Å²) in [5.74, 6) is -0.976. The van der Waals surface area contributed by atoms with Gasteiger partial charge in [-0.15, -0.1) is 0 Å². The molecule has 0 radical (unpaired) electrons. The summed E-state index contributed by atoms with van der Waals surface area (Å²) in [4.78, 5) is 14.7. The number of carbonyl (C=O) groups is 1. The fourth-order valence-electron chi connectivity index (χ4n) is 2.35. The molecule has 0 bridgehead atoms. The second-order valence-electron chi connectivity index (χ2n) is 5.21. The number of benzene rings is 2. The van der Waals surface area contributed by atoms with Crippen molar-refractivity contribution in [1.82, 2.24) is 9.55 Å². The van der Waals surface area contributed by atoms with Crippen molar-refractivity contribution >= 4 is 12.0 Å². The highest BCUT2D eigenvalue weighted by atomic mass is 16.4. The normalized spacial score (nSPS) is 11.0. The molecule has 0 aliphatic rings. The zero-order valence-electron chi connectivity index (χ0n) is 12.5. The van der Waals surface area contributed by atoms with E-state index in [0.29, 0.717) is 12.2 Å². The highest BCUT2D eigenvalue weighted by Crippen LogP contribution is 2.19. The van der Waals surface area contributed by atoms with Gasteiger partial charge in [0, 0.05) is 18.8 Å². The first-order valence-electron chi connectivity index (χ1n) is 7.28. The third kappa shape index (κ3) is 3.95. The summed E-state index contributed by atoms with van der Waals surface area (Å²) in [6.45, 7) is 0.697. The van der Waals surface area contributed by atoms with E-state index < -0.39 is 5.97 Å². The average molecular weight is 304 g/mol. The third-order valence-corrected chi connectivity index (χ3v) is 3.48. The molecule has 0 saturated carbocycles. The van der Waals surface area contributed by atoms with Crippen LogP contribution in [0.25, 0.3) is 17.2 Å². The smallest absolute Gasteiger partial charge is 0.328 e. The number of nitrogens with zero attached hydrogens (tertiary/aromatic N) is 2. The first-order chi connectivity index (χ1) is 11.2. The second-order valence-corrected chi connectivity index (χ2v) is 5.21. The van der Waals surface area contributed by atoms with Gasteiger partial charge in [0.15, 0.2) is 0 Å².